The molecule has 1 aromatic heterocycles. The molecule has 0 aliphatic carbocycles. The van der Waals surface area contributed by atoms with Crippen LogP contribution in [-0.4, -0.2) is 33.7 Å². The van der Waals surface area contributed by atoms with Gasteiger partial charge in [-0.2, -0.15) is 0 Å². The highest BCUT2D eigenvalue weighted by Crippen LogP contribution is 2.34. The summed E-state index contributed by atoms with van der Waals surface area (Å²) >= 11 is 8.22. The molecular weight excluding hydrogens is 378 g/mol. The predicted octanol–water partition coefficient (Wildman–Crippen LogP) is 5.33. The maximum absolute atomic E-state index is 6.47. The Labute approximate surface area is 168 Å². The van der Waals surface area contributed by atoms with Gasteiger partial charge in [0.2, 0.25) is 0 Å². The van der Waals surface area contributed by atoms with E-state index >= 15 is 0 Å². The van der Waals surface area contributed by atoms with Crippen LogP contribution in [0.5, 0.6) is 0 Å². The van der Waals surface area contributed by atoms with Crippen LogP contribution in [0, 0.1) is 19.8 Å². The fourth-order valence-corrected chi connectivity index (χ4v) is 4.55. The average Bonchev–Trinajstić information content (AvgIpc) is 3.32. The number of nitrogens with zero attached hydrogens (tertiary/aromatic N) is 3. The van der Waals surface area contributed by atoms with Gasteiger partial charge in [-0.15, -0.1) is 10.2 Å². The largest absolute Gasteiger partial charge is 0.381 e. The minimum absolute atomic E-state index is 0.572. The van der Waals surface area contributed by atoms with Crippen LogP contribution in [-0.2, 0) is 4.74 Å². The number of aryl methyl sites for hydroxylation is 2. The van der Waals surface area contributed by atoms with E-state index in [4.69, 9.17) is 16.3 Å². The monoisotopic (exact) mass is 399 g/mol. The Morgan fingerprint density at radius 3 is 2.81 bits per heavy atom. The minimum Gasteiger partial charge on any atom is -0.381 e. The van der Waals surface area contributed by atoms with Crippen LogP contribution >= 0.6 is 23.4 Å². The van der Waals surface area contributed by atoms with E-state index in [2.05, 4.69) is 46.8 Å². The molecule has 1 aliphatic heterocycles. The fourth-order valence-electron chi connectivity index (χ4n) is 3.27. The lowest BCUT2D eigenvalue weighted by atomic mass is 10.1. The number of ether oxygens (including phenoxy) is 1. The predicted molar refractivity (Wildman–Crippen MR) is 111 cm³/mol. The van der Waals surface area contributed by atoms with Crippen LogP contribution in [0.3, 0.4) is 0 Å². The molecule has 27 heavy (non-hydrogen) atoms. The van der Waals surface area contributed by atoms with Crippen LogP contribution < -0.4 is 0 Å². The molecule has 1 fully saturated rings. The molecule has 0 N–H and O–H groups in total. The second-order valence-electron chi connectivity index (χ2n) is 6.95. The van der Waals surface area contributed by atoms with Gasteiger partial charge in [-0.25, -0.2) is 0 Å². The van der Waals surface area contributed by atoms with E-state index in [-0.39, 0.29) is 0 Å². The quantitative estimate of drug-likeness (QED) is 0.543. The first kappa shape index (κ1) is 18.5. The normalized spacial score (nSPS) is 16.8. The zero-order valence-corrected chi connectivity index (χ0v) is 17.1. The maximum Gasteiger partial charge on any atom is 0.196 e. The van der Waals surface area contributed by atoms with E-state index in [1.807, 2.05) is 24.3 Å². The third-order valence-electron chi connectivity index (χ3n) is 4.83. The zero-order valence-electron chi connectivity index (χ0n) is 15.5. The molecule has 6 heteroatoms. The van der Waals surface area contributed by atoms with Crippen LogP contribution in [0.25, 0.3) is 17.1 Å². The number of aromatic nitrogens is 3. The van der Waals surface area contributed by atoms with E-state index in [1.54, 1.807) is 11.8 Å². The topological polar surface area (TPSA) is 39.9 Å². The summed E-state index contributed by atoms with van der Waals surface area (Å²) in [4.78, 5) is 0. The fraction of sp³-hybridized carbons (Fsp3) is 0.333. The Hall–Kier alpha value is -1.82. The first-order valence-corrected chi connectivity index (χ1v) is 10.5. The van der Waals surface area contributed by atoms with Crippen LogP contribution in [0.1, 0.15) is 17.5 Å². The van der Waals surface area contributed by atoms with Gasteiger partial charge in [0.15, 0.2) is 11.0 Å². The van der Waals surface area contributed by atoms with Crippen molar-refractivity contribution in [1.29, 1.82) is 0 Å². The molecule has 1 unspecified atom stereocenters. The highest BCUT2D eigenvalue weighted by molar-refractivity contribution is 7.99. The van der Waals surface area contributed by atoms with Gasteiger partial charge in [0.1, 0.15) is 0 Å². The van der Waals surface area contributed by atoms with Gasteiger partial charge in [-0.05, 0) is 55.5 Å². The summed E-state index contributed by atoms with van der Waals surface area (Å²) in [7, 11) is 0. The number of rotatable bonds is 5. The van der Waals surface area contributed by atoms with Gasteiger partial charge >= 0.3 is 0 Å². The summed E-state index contributed by atoms with van der Waals surface area (Å²) in [6.07, 6.45) is 1.11. The molecule has 0 bridgehead atoms. The van der Waals surface area contributed by atoms with Crippen molar-refractivity contribution < 1.29 is 4.74 Å². The summed E-state index contributed by atoms with van der Waals surface area (Å²) in [5, 5.41) is 10.6. The molecule has 4 nitrogen and oxygen atoms in total. The van der Waals surface area contributed by atoms with Gasteiger partial charge in [0, 0.05) is 17.9 Å². The maximum atomic E-state index is 6.47. The molecule has 1 atom stereocenters. The first-order valence-electron chi connectivity index (χ1n) is 9.12. The number of hydrogen-bond acceptors (Lipinski definition) is 4. The molecule has 4 rings (SSSR count). The molecule has 2 heterocycles. The van der Waals surface area contributed by atoms with Crippen molar-refractivity contribution in [1.82, 2.24) is 14.8 Å². The number of thioether (sulfide) groups is 1. The molecular formula is C21H22ClN3OS. The molecule has 0 spiro atoms. The van der Waals surface area contributed by atoms with Gasteiger partial charge in [-0.3, -0.25) is 4.57 Å². The van der Waals surface area contributed by atoms with E-state index in [1.165, 1.54) is 11.1 Å². The van der Waals surface area contributed by atoms with Crippen molar-refractivity contribution >= 4 is 23.4 Å². The van der Waals surface area contributed by atoms with E-state index in [0.29, 0.717) is 10.9 Å². The molecule has 2 aromatic carbocycles. The molecule has 1 saturated heterocycles. The standard InChI is InChI=1S/C21H22ClN3OS/c1-14-7-8-15(2)19(11-14)25-20(17-5-3-4-6-18(17)22)23-24-21(25)27-13-16-9-10-26-12-16/h3-8,11,16H,9-10,12-13H2,1-2H3. The summed E-state index contributed by atoms with van der Waals surface area (Å²) in [6, 6.07) is 14.2. The van der Waals surface area contributed by atoms with Gasteiger partial charge < -0.3 is 4.74 Å². The molecule has 1 aliphatic rings. The number of hydrogen-bond donors (Lipinski definition) is 0. The van der Waals surface area contributed by atoms with Gasteiger partial charge in [0.05, 0.1) is 17.3 Å². The summed E-state index contributed by atoms with van der Waals surface area (Å²) in [5.74, 6) is 2.33. The molecule has 0 saturated carbocycles. The van der Waals surface area contributed by atoms with Crippen molar-refractivity contribution in [3.05, 3.63) is 58.6 Å². The number of halogens is 1. The summed E-state index contributed by atoms with van der Waals surface area (Å²) < 4.78 is 7.65. The lowest BCUT2D eigenvalue weighted by molar-refractivity contribution is 0.189. The van der Waals surface area contributed by atoms with Crippen LogP contribution in [0.15, 0.2) is 47.6 Å². The molecule has 3 aromatic rings. The Kier molecular flexibility index (Phi) is 5.53. The second-order valence-corrected chi connectivity index (χ2v) is 8.35. The average molecular weight is 400 g/mol. The van der Waals surface area contributed by atoms with E-state index < -0.39 is 0 Å². The molecule has 140 valence electrons. The summed E-state index contributed by atoms with van der Waals surface area (Å²) in [6.45, 7) is 5.91. The lowest BCUT2D eigenvalue weighted by Crippen LogP contribution is -2.06. The van der Waals surface area contributed by atoms with Crippen LogP contribution in [0.2, 0.25) is 5.02 Å². The lowest BCUT2D eigenvalue weighted by Gasteiger charge is -2.15. The number of benzene rings is 2. The van der Waals surface area contributed by atoms with Crippen molar-refractivity contribution in [2.24, 2.45) is 5.92 Å². The third-order valence-corrected chi connectivity index (χ3v) is 6.32. The van der Waals surface area contributed by atoms with Gasteiger partial charge in [0.25, 0.3) is 0 Å². The Bertz CT molecular complexity index is 950. The SMILES string of the molecule is Cc1ccc(C)c(-n2c(SCC3CCOC3)nnc2-c2ccccc2Cl)c1. The van der Waals surface area contributed by atoms with Crippen LogP contribution in [0.4, 0.5) is 0 Å². The van der Waals surface area contributed by atoms with E-state index in [0.717, 1.165) is 47.6 Å². The Morgan fingerprint density at radius 1 is 1.19 bits per heavy atom. The highest BCUT2D eigenvalue weighted by atomic mass is 35.5. The van der Waals surface area contributed by atoms with Crippen molar-refractivity contribution in [3.8, 4) is 17.1 Å². The Balaban J connectivity index is 1.80. The highest BCUT2D eigenvalue weighted by Gasteiger charge is 2.22. The van der Waals surface area contributed by atoms with E-state index in [9.17, 15) is 0 Å². The Morgan fingerprint density at radius 2 is 2.04 bits per heavy atom. The zero-order chi connectivity index (χ0) is 18.8. The first-order chi connectivity index (χ1) is 13.1. The van der Waals surface area contributed by atoms with Crippen molar-refractivity contribution in [2.45, 2.75) is 25.4 Å². The summed E-state index contributed by atoms with van der Waals surface area (Å²) in [5.41, 5.74) is 4.37. The minimum atomic E-state index is 0.572. The molecule has 0 amide bonds. The van der Waals surface area contributed by atoms with Gasteiger partial charge in [-0.1, -0.05) is 47.6 Å². The molecule has 0 radical (unpaired) electrons. The second kappa shape index (κ2) is 8.05. The van der Waals surface area contributed by atoms with Crippen molar-refractivity contribution in [3.63, 3.8) is 0 Å². The van der Waals surface area contributed by atoms with Crippen molar-refractivity contribution in [2.75, 3.05) is 19.0 Å². The smallest absolute Gasteiger partial charge is 0.196 e. The third kappa shape index (κ3) is 3.91.